The van der Waals surface area contributed by atoms with Crippen molar-refractivity contribution in [2.24, 2.45) is 0 Å². The molecule has 32 heavy (non-hydrogen) atoms. The quantitative estimate of drug-likeness (QED) is 0.351. The third-order valence-corrected chi connectivity index (χ3v) is 6.23. The third-order valence-electron chi connectivity index (χ3n) is 5.31. The number of ether oxygens (including phenoxy) is 3. The van der Waals surface area contributed by atoms with Crippen LogP contribution in [0.15, 0.2) is 65.6 Å². The molecule has 7 nitrogen and oxygen atoms in total. The molecule has 3 aromatic rings. The minimum absolute atomic E-state index is 0.0313. The molecule has 1 saturated heterocycles. The molecule has 2 aliphatic heterocycles. The van der Waals surface area contributed by atoms with Gasteiger partial charge in [-0.05, 0) is 42.6 Å². The number of nitrogens with zero attached hydrogens (tertiary/aromatic N) is 1. The number of rotatable bonds is 5. The first kappa shape index (κ1) is 20.1. The number of thiophene rings is 1. The summed E-state index contributed by atoms with van der Waals surface area (Å²) >= 11 is 1.40. The molecule has 0 radical (unpaired) electrons. The lowest BCUT2D eigenvalue weighted by Gasteiger charge is -2.24. The average Bonchev–Trinajstić information content (AvgIpc) is 3.54. The molecule has 0 spiro atoms. The van der Waals surface area contributed by atoms with Crippen LogP contribution in [0.2, 0.25) is 0 Å². The van der Waals surface area contributed by atoms with Crippen molar-refractivity contribution in [3.8, 4) is 17.2 Å². The summed E-state index contributed by atoms with van der Waals surface area (Å²) in [5, 5.41) is 13.0. The van der Waals surface area contributed by atoms with Gasteiger partial charge in [-0.1, -0.05) is 18.2 Å². The molecule has 1 fully saturated rings. The number of benzene rings is 2. The third kappa shape index (κ3) is 3.29. The molecule has 1 N–H and O–H groups in total. The molecule has 5 rings (SSSR count). The van der Waals surface area contributed by atoms with Crippen molar-refractivity contribution in [2.45, 2.75) is 13.0 Å². The Labute approximate surface area is 188 Å². The topological polar surface area (TPSA) is 85.3 Å². The molecule has 1 atom stereocenters. The van der Waals surface area contributed by atoms with Gasteiger partial charge >= 0.3 is 0 Å². The number of aliphatic hydroxyl groups is 1. The van der Waals surface area contributed by atoms with Gasteiger partial charge < -0.3 is 19.3 Å². The number of carbonyl (C=O) groups excluding carboxylic acids is 2. The van der Waals surface area contributed by atoms with E-state index in [-0.39, 0.29) is 18.1 Å². The smallest absolute Gasteiger partial charge is 0.300 e. The van der Waals surface area contributed by atoms with E-state index in [1.54, 1.807) is 42.5 Å². The molecule has 0 aliphatic carbocycles. The highest BCUT2D eigenvalue weighted by Gasteiger charge is 2.47. The van der Waals surface area contributed by atoms with E-state index in [9.17, 15) is 14.7 Å². The largest absolute Gasteiger partial charge is 0.507 e. The fraction of sp³-hybridized carbons (Fsp3) is 0.167. The Balaban J connectivity index is 1.66. The fourth-order valence-corrected chi connectivity index (χ4v) is 4.73. The molecule has 162 valence electrons. The highest BCUT2D eigenvalue weighted by atomic mass is 32.1. The van der Waals surface area contributed by atoms with Crippen LogP contribution in [-0.2, 0) is 9.59 Å². The SMILES string of the molecule is CCOc1cccc(/C(O)=C2/C(=O)C(=O)N(c3ccc4c(c3)OCO4)C2c2cccs2)c1. The lowest BCUT2D eigenvalue weighted by Crippen LogP contribution is -2.29. The van der Waals surface area contributed by atoms with Crippen LogP contribution in [0.5, 0.6) is 17.2 Å². The summed E-state index contributed by atoms with van der Waals surface area (Å²) in [5.74, 6) is -0.0737. The maximum Gasteiger partial charge on any atom is 0.300 e. The summed E-state index contributed by atoms with van der Waals surface area (Å²) in [6.07, 6.45) is 0. The predicted molar refractivity (Wildman–Crippen MR) is 119 cm³/mol. The van der Waals surface area contributed by atoms with Crippen LogP contribution in [-0.4, -0.2) is 30.2 Å². The second kappa shape index (κ2) is 8.05. The lowest BCUT2D eigenvalue weighted by molar-refractivity contribution is -0.132. The summed E-state index contributed by atoms with van der Waals surface area (Å²) in [7, 11) is 0. The van der Waals surface area contributed by atoms with Gasteiger partial charge in [0.15, 0.2) is 11.5 Å². The first-order chi connectivity index (χ1) is 15.6. The maximum absolute atomic E-state index is 13.2. The summed E-state index contributed by atoms with van der Waals surface area (Å²) < 4.78 is 16.3. The second-order valence-electron chi connectivity index (χ2n) is 7.18. The van der Waals surface area contributed by atoms with Crippen molar-refractivity contribution in [1.82, 2.24) is 0 Å². The maximum atomic E-state index is 13.2. The minimum Gasteiger partial charge on any atom is -0.507 e. The lowest BCUT2D eigenvalue weighted by atomic mass is 9.99. The molecule has 1 amide bonds. The van der Waals surface area contributed by atoms with Crippen molar-refractivity contribution in [1.29, 1.82) is 0 Å². The van der Waals surface area contributed by atoms with Crippen LogP contribution in [0.25, 0.3) is 5.76 Å². The molecule has 0 bridgehead atoms. The normalized spacial score (nSPS) is 18.9. The Bertz CT molecular complexity index is 1230. The van der Waals surface area contributed by atoms with Crippen LogP contribution in [0.1, 0.15) is 23.4 Å². The van der Waals surface area contributed by atoms with E-state index < -0.39 is 17.7 Å². The van der Waals surface area contributed by atoms with Crippen molar-refractivity contribution < 1.29 is 28.9 Å². The Morgan fingerprint density at radius 1 is 1.12 bits per heavy atom. The summed E-state index contributed by atoms with van der Waals surface area (Å²) in [4.78, 5) is 28.5. The van der Waals surface area contributed by atoms with Crippen LogP contribution in [0.4, 0.5) is 5.69 Å². The highest BCUT2D eigenvalue weighted by molar-refractivity contribution is 7.10. The van der Waals surface area contributed by atoms with Crippen LogP contribution < -0.4 is 19.1 Å². The first-order valence-corrected chi connectivity index (χ1v) is 10.9. The summed E-state index contributed by atoms with van der Waals surface area (Å²) in [6, 6.07) is 14.8. The average molecular weight is 449 g/mol. The van der Waals surface area contributed by atoms with Crippen LogP contribution >= 0.6 is 11.3 Å². The number of aliphatic hydroxyl groups excluding tert-OH is 1. The second-order valence-corrected chi connectivity index (χ2v) is 8.16. The van der Waals surface area contributed by atoms with Crippen LogP contribution in [0, 0.1) is 0 Å². The Kier molecular flexibility index (Phi) is 5.07. The number of hydrogen-bond acceptors (Lipinski definition) is 7. The molecule has 1 unspecified atom stereocenters. The Morgan fingerprint density at radius 2 is 1.97 bits per heavy atom. The van der Waals surface area contributed by atoms with E-state index >= 15 is 0 Å². The van der Waals surface area contributed by atoms with Gasteiger partial charge in [-0.2, -0.15) is 0 Å². The number of carbonyl (C=O) groups is 2. The van der Waals surface area contributed by atoms with Gasteiger partial charge in [0.1, 0.15) is 17.6 Å². The van der Waals surface area contributed by atoms with E-state index in [1.807, 2.05) is 24.4 Å². The molecule has 0 saturated carbocycles. The fourth-order valence-electron chi connectivity index (χ4n) is 3.91. The van der Waals surface area contributed by atoms with Crippen molar-refractivity contribution >= 4 is 34.5 Å². The number of anilines is 1. The molecular weight excluding hydrogens is 430 g/mol. The van der Waals surface area contributed by atoms with Gasteiger partial charge in [0.2, 0.25) is 6.79 Å². The first-order valence-electron chi connectivity index (χ1n) is 10.1. The van der Waals surface area contributed by atoms with Gasteiger partial charge in [0.25, 0.3) is 11.7 Å². The zero-order valence-electron chi connectivity index (χ0n) is 17.1. The monoisotopic (exact) mass is 449 g/mol. The summed E-state index contributed by atoms with van der Waals surface area (Å²) in [5.41, 5.74) is 0.918. The number of amides is 1. The Morgan fingerprint density at radius 3 is 2.75 bits per heavy atom. The van der Waals surface area contributed by atoms with E-state index in [4.69, 9.17) is 14.2 Å². The minimum atomic E-state index is -0.772. The molecule has 2 aliphatic rings. The molecule has 3 heterocycles. The van der Waals surface area contributed by atoms with Gasteiger partial charge in [-0.3, -0.25) is 14.5 Å². The standard InChI is InChI=1S/C24H19NO6S/c1-2-29-16-6-3-5-14(11-16)22(26)20-21(19-7-4-10-32-19)25(24(28)23(20)27)15-8-9-17-18(12-15)31-13-30-17/h3-12,21,26H,2,13H2,1H3/b22-20-. The van der Waals surface area contributed by atoms with Gasteiger partial charge in [0.05, 0.1) is 12.2 Å². The van der Waals surface area contributed by atoms with Crippen molar-refractivity contribution in [3.63, 3.8) is 0 Å². The molecule has 2 aromatic carbocycles. The number of ketones is 1. The van der Waals surface area contributed by atoms with Gasteiger partial charge in [-0.25, -0.2) is 0 Å². The zero-order chi connectivity index (χ0) is 22.2. The number of Topliss-reactive ketones (excluding diaryl/α,β-unsaturated/α-hetero) is 1. The van der Waals surface area contributed by atoms with Crippen LogP contribution in [0.3, 0.4) is 0 Å². The van der Waals surface area contributed by atoms with Gasteiger partial charge in [0, 0.05) is 22.2 Å². The molecule has 1 aromatic heterocycles. The van der Waals surface area contributed by atoms with E-state index in [1.165, 1.54) is 16.2 Å². The van der Waals surface area contributed by atoms with E-state index in [0.29, 0.717) is 35.1 Å². The van der Waals surface area contributed by atoms with Crippen molar-refractivity contribution in [2.75, 3.05) is 18.3 Å². The number of fused-ring (bicyclic) bond motifs is 1. The Hall–Kier alpha value is -3.78. The molecular formula is C24H19NO6S. The van der Waals surface area contributed by atoms with E-state index in [0.717, 1.165) is 4.88 Å². The predicted octanol–water partition coefficient (Wildman–Crippen LogP) is 4.50. The zero-order valence-corrected chi connectivity index (χ0v) is 17.9. The highest BCUT2D eigenvalue weighted by Crippen LogP contribution is 2.46. The van der Waals surface area contributed by atoms with Gasteiger partial charge in [-0.15, -0.1) is 11.3 Å². The van der Waals surface area contributed by atoms with E-state index in [2.05, 4.69) is 0 Å². The molecule has 8 heteroatoms. The number of hydrogen-bond donors (Lipinski definition) is 1. The van der Waals surface area contributed by atoms with Crippen molar-refractivity contribution in [3.05, 3.63) is 76.0 Å². The summed E-state index contributed by atoms with van der Waals surface area (Å²) in [6.45, 7) is 2.43.